The largest absolute Gasteiger partial charge is 0.497 e. The number of aromatic nitrogens is 1. The van der Waals surface area contributed by atoms with E-state index in [-0.39, 0.29) is 6.04 Å². The summed E-state index contributed by atoms with van der Waals surface area (Å²) in [7, 11) is 1.70. The van der Waals surface area contributed by atoms with Crippen LogP contribution in [-0.2, 0) is 6.54 Å². The molecule has 0 spiro atoms. The van der Waals surface area contributed by atoms with Crippen molar-refractivity contribution in [2.45, 2.75) is 19.5 Å². The first kappa shape index (κ1) is 13.7. The lowest BCUT2D eigenvalue weighted by molar-refractivity contribution is 0.413. The van der Waals surface area contributed by atoms with Crippen LogP contribution in [0.2, 0.25) is 0 Å². The van der Waals surface area contributed by atoms with Gasteiger partial charge in [-0.25, -0.2) is 0 Å². The van der Waals surface area contributed by atoms with Crippen LogP contribution in [0.1, 0.15) is 24.1 Å². The molecule has 108 valence electrons. The maximum absolute atomic E-state index is 5.28. The van der Waals surface area contributed by atoms with E-state index in [1.54, 1.807) is 7.11 Å². The van der Waals surface area contributed by atoms with Gasteiger partial charge in [-0.05, 0) is 36.2 Å². The van der Waals surface area contributed by atoms with Gasteiger partial charge in [0.15, 0.2) is 0 Å². The molecular weight excluding hydrogens is 260 g/mol. The van der Waals surface area contributed by atoms with E-state index in [2.05, 4.69) is 59.8 Å². The number of methoxy groups -OCH3 is 1. The Hall–Kier alpha value is -2.26. The molecular formula is C18H20N2O. The summed E-state index contributed by atoms with van der Waals surface area (Å²) in [6.07, 6.45) is 2.08. The van der Waals surface area contributed by atoms with Crippen LogP contribution in [0.15, 0.2) is 54.7 Å². The summed E-state index contributed by atoms with van der Waals surface area (Å²) in [4.78, 5) is 3.31. The fourth-order valence-corrected chi connectivity index (χ4v) is 2.57. The van der Waals surface area contributed by atoms with E-state index in [0.717, 1.165) is 12.3 Å². The molecule has 0 bridgehead atoms. The second-order valence-corrected chi connectivity index (χ2v) is 5.24. The van der Waals surface area contributed by atoms with Crippen LogP contribution >= 0.6 is 0 Å². The second kappa shape index (κ2) is 6.02. The Morgan fingerprint density at radius 1 is 1.14 bits per heavy atom. The van der Waals surface area contributed by atoms with E-state index in [0.29, 0.717) is 0 Å². The summed E-state index contributed by atoms with van der Waals surface area (Å²) in [6, 6.07) is 16.8. The number of hydrogen-bond donors (Lipinski definition) is 2. The molecule has 0 aliphatic rings. The van der Waals surface area contributed by atoms with Gasteiger partial charge in [0.2, 0.25) is 0 Å². The molecule has 1 atom stereocenters. The Balaban J connectivity index is 1.72. The summed E-state index contributed by atoms with van der Waals surface area (Å²) in [6.45, 7) is 3.01. The van der Waals surface area contributed by atoms with Gasteiger partial charge in [0.25, 0.3) is 0 Å². The molecule has 0 amide bonds. The minimum atomic E-state index is 0.272. The first-order valence-corrected chi connectivity index (χ1v) is 7.20. The molecule has 1 aromatic heterocycles. The van der Waals surface area contributed by atoms with E-state index in [1.165, 1.54) is 22.0 Å². The van der Waals surface area contributed by atoms with Crippen molar-refractivity contribution in [3.63, 3.8) is 0 Å². The monoisotopic (exact) mass is 280 g/mol. The topological polar surface area (TPSA) is 37.0 Å². The van der Waals surface area contributed by atoms with Crippen molar-refractivity contribution in [3.05, 3.63) is 65.9 Å². The van der Waals surface area contributed by atoms with Gasteiger partial charge in [-0.2, -0.15) is 0 Å². The number of H-pyrrole nitrogens is 1. The molecule has 0 saturated heterocycles. The van der Waals surface area contributed by atoms with Crippen LogP contribution in [0.25, 0.3) is 10.9 Å². The van der Waals surface area contributed by atoms with Crippen LogP contribution < -0.4 is 10.1 Å². The number of hydrogen-bond acceptors (Lipinski definition) is 2. The SMILES string of the molecule is COc1cccc(C(C)NCc2c[nH]c3ccccc23)c1. The highest BCUT2D eigenvalue weighted by molar-refractivity contribution is 5.82. The summed E-state index contributed by atoms with van der Waals surface area (Å²) in [5, 5.41) is 4.85. The molecule has 1 heterocycles. The van der Waals surface area contributed by atoms with Crippen LogP contribution in [0, 0.1) is 0 Å². The normalized spacial score (nSPS) is 12.5. The third kappa shape index (κ3) is 2.93. The highest BCUT2D eigenvalue weighted by atomic mass is 16.5. The van der Waals surface area contributed by atoms with Gasteiger partial charge < -0.3 is 15.0 Å². The molecule has 2 N–H and O–H groups in total. The van der Waals surface area contributed by atoms with Crippen molar-refractivity contribution < 1.29 is 4.74 Å². The van der Waals surface area contributed by atoms with E-state index >= 15 is 0 Å². The lowest BCUT2D eigenvalue weighted by atomic mass is 10.1. The number of ether oxygens (including phenoxy) is 1. The summed E-state index contributed by atoms with van der Waals surface area (Å²) in [5.74, 6) is 0.897. The van der Waals surface area contributed by atoms with E-state index in [4.69, 9.17) is 4.74 Å². The van der Waals surface area contributed by atoms with Gasteiger partial charge in [0.05, 0.1) is 7.11 Å². The first-order chi connectivity index (χ1) is 10.3. The van der Waals surface area contributed by atoms with Gasteiger partial charge >= 0.3 is 0 Å². The molecule has 3 nitrogen and oxygen atoms in total. The fraction of sp³-hybridized carbons (Fsp3) is 0.222. The maximum Gasteiger partial charge on any atom is 0.119 e. The quantitative estimate of drug-likeness (QED) is 0.740. The molecule has 0 aliphatic heterocycles. The lowest BCUT2D eigenvalue weighted by Crippen LogP contribution is -2.17. The van der Waals surface area contributed by atoms with Gasteiger partial charge in [0.1, 0.15) is 5.75 Å². The molecule has 0 saturated carbocycles. The van der Waals surface area contributed by atoms with E-state index < -0.39 is 0 Å². The van der Waals surface area contributed by atoms with Gasteiger partial charge in [-0.1, -0.05) is 30.3 Å². The zero-order chi connectivity index (χ0) is 14.7. The molecule has 3 aromatic rings. The molecule has 2 aromatic carbocycles. The molecule has 3 rings (SSSR count). The van der Waals surface area contributed by atoms with Crippen molar-refractivity contribution >= 4 is 10.9 Å². The third-order valence-corrected chi connectivity index (χ3v) is 3.87. The molecule has 0 fully saturated rings. The van der Waals surface area contributed by atoms with Gasteiger partial charge in [0, 0.05) is 29.7 Å². The minimum Gasteiger partial charge on any atom is -0.497 e. The first-order valence-electron chi connectivity index (χ1n) is 7.20. The highest BCUT2D eigenvalue weighted by Crippen LogP contribution is 2.21. The lowest BCUT2D eigenvalue weighted by Gasteiger charge is -2.15. The summed E-state index contributed by atoms with van der Waals surface area (Å²) < 4.78 is 5.28. The number of rotatable bonds is 5. The Morgan fingerprint density at radius 3 is 2.86 bits per heavy atom. The Bertz CT molecular complexity index is 733. The highest BCUT2D eigenvalue weighted by Gasteiger charge is 2.08. The summed E-state index contributed by atoms with van der Waals surface area (Å²) >= 11 is 0. The molecule has 21 heavy (non-hydrogen) atoms. The average Bonchev–Trinajstić information content (AvgIpc) is 2.96. The fourth-order valence-electron chi connectivity index (χ4n) is 2.57. The van der Waals surface area contributed by atoms with Crippen LogP contribution in [0.5, 0.6) is 5.75 Å². The number of nitrogens with one attached hydrogen (secondary N) is 2. The van der Waals surface area contributed by atoms with Gasteiger partial charge in [-0.3, -0.25) is 0 Å². The van der Waals surface area contributed by atoms with Crippen molar-refractivity contribution in [2.24, 2.45) is 0 Å². The van der Waals surface area contributed by atoms with E-state index in [1.807, 2.05) is 12.1 Å². The van der Waals surface area contributed by atoms with Crippen LogP contribution in [0.4, 0.5) is 0 Å². The maximum atomic E-state index is 5.28. The third-order valence-electron chi connectivity index (χ3n) is 3.87. The van der Waals surface area contributed by atoms with Crippen LogP contribution in [-0.4, -0.2) is 12.1 Å². The number of para-hydroxylation sites is 1. The number of benzene rings is 2. The van der Waals surface area contributed by atoms with E-state index in [9.17, 15) is 0 Å². The second-order valence-electron chi connectivity index (χ2n) is 5.24. The molecule has 3 heteroatoms. The zero-order valence-corrected chi connectivity index (χ0v) is 12.4. The molecule has 1 unspecified atom stereocenters. The number of aromatic amines is 1. The number of fused-ring (bicyclic) bond motifs is 1. The zero-order valence-electron chi connectivity index (χ0n) is 12.4. The Kier molecular flexibility index (Phi) is 3.93. The van der Waals surface area contributed by atoms with Crippen LogP contribution in [0.3, 0.4) is 0 Å². The Morgan fingerprint density at radius 2 is 2.00 bits per heavy atom. The van der Waals surface area contributed by atoms with Crippen molar-refractivity contribution in [1.82, 2.24) is 10.3 Å². The summed E-state index contributed by atoms with van der Waals surface area (Å²) in [5.41, 5.74) is 3.71. The van der Waals surface area contributed by atoms with Crippen molar-refractivity contribution in [2.75, 3.05) is 7.11 Å². The van der Waals surface area contributed by atoms with Crippen molar-refractivity contribution in [1.29, 1.82) is 0 Å². The predicted octanol–water partition coefficient (Wildman–Crippen LogP) is 4.03. The van der Waals surface area contributed by atoms with Gasteiger partial charge in [-0.15, -0.1) is 0 Å². The average molecular weight is 280 g/mol. The molecule has 0 aliphatic carbocycles. The molecule has 0 radical (unpaired) electrons. The van der Waals surface area contributed by atoms with Crippen molar-refractivity contribution in [3.8, 4) is 5.75 Å². The minimum absolute atomic E-state index is 0.272. The smallest absolute Gasteiger partial charge is 0.119 e. The Labute approximate surface area is 125 Å². The standard InChI is InChI=1S/C18H20N2O/c1-13(14-6-5-7-16(10-14)21-2)19-11-15-12-20-18-9-4-3-8-17(15)18/h3-10,12-13,19-20H,11H2,1-2H3. The predicted molar refractivity (Wildman–Crippen MR) is 86.5 cm³/mol.